The SMILES string of the molecule is N=C(c1cc(-c2cnn(CC3CNC3)c2)cnc1N)N1CCC(F)C1. The lowest BCUT2D eigenvalue weighted by Gasteiger charge is -2.26. The van der Waals surface area contributed by atoms with Crippen molar-refractivity contribution in [2.24, 2.45) is 5.92 Å². The monoisotopic (exact) mass is 343 g/mol. The summed E-state index contributed by atoms with van der Waals surface area (Å²) in [6, 6.07) is 1.85. The van der Waals surface area contributed by atoms with E-state index in [-0.39, 0.29) is 12.4 Å². The van der Waals surface area contributed by atoms with Crippen molar-refractivity contribution in [2.75, 3.05) is 31.9 Å². The molecular weight excluding hydrogens is 321 g/mol. The normalized spacial score (nSPS) is 20.7. The Kier molecular flexibility index (Phi) is 4.12. The van der Waals surface area contributed by atoms with E-state index in [1.165, 1.54) is 0 Å². The van der Waals surface area contributed by atoms with Gasteiger partial charge in [0, 0.05) is 55.6 Å². The first-order chi connectivity index (χ1) is 12.1. The summed E-state index contributed by atoms with van der Waals surface area (Å²) in [6.07, 6.45) is 5.07. The molecule has 2 aliphatic heterocycles. The highest BCUT2D eigenvalue weighted by Gasteiger charge is 2.26. The van der Waals surface area contributed by atoms with Crippen LogP contribution < -0.4 is 11.1 Å². The molecule has 2 aliphatic rings. The number of rotatable bonds is 4. The maximum atomic E-state index is 13.4. The molecule has 2 aromatic rings. The van der Waals surface area contributed by atoms with Crippen molar-refractivity contribution in [3.8, 4) is 11.1 Å². The zero-order valence-corrected chi connectivity index (χ0v) is 14.0. The number of anilines is 1. The highest BCUT2D eigenvalue weighted by atomic mass is 19.1. The maximum absolute atomic E-state index is 13.4. The largest absolute Gasteiger partial charge is 0.383 e. The molecule has 2 aromatic heterocycles. The number of hydrogen-bond donors (Lipinski definition) is 3. The number of alkyl halides is 1. The Morgan fingerprint density at radius 3 is 2.88 bits per heavy atom. The van der Waals surface area contributed by atoms with Gasteiger partial charge in [0.25, 0.3) is 0 Å². The number of aromatic nitrogens is 3. The Hall–Kier alpha value is -2.48. The zero-order valence-electron chi connectivity index (χ0n) is 14.0. The third-order valence-corrected chi connectivity index (χ3v) is 4.90. The van der Waals surface area contributed by atoms with Gasteiger partial charge in [0.1, 0.15) is 17.8 Å². The number of nitrogens with two attached hydrogens (primary N) is 1. The number of nitrogens with zero attached hydrogens (tertiary/aromatic N) is 4. The Labute approximate surface area is 145 Å². The fourth-order valence-corrected chi connectivity index (χ4v) is 3.27. The van der Waals surface area contributed by atoms with Crippen LogP contribution in [-0.4, -0.2) is 57.9 Å². The smallest absolute Gasteiger partial charge is 0.134 e. The van der Waals surface area contributed by atoms with E-state index in [0.29, 0.717) is 30.3 Å². The molecule has 8 heteroatoms. The summed E-state index contributed by atoms with van der Waals surface area (Å²) < 4.78 is 15.4. The predicted octanol–water partition coefficient (Wildman–Crippen LogP) is 1.12. The van der Waals surface area contributed by atoms with E-state index in [1.54, 1.807) is 17.3 Å². The van der Waals surface area contributed by atoms with Gasteiger partial charge in [0.05, 0.1) is 18.3 Å². The summed E-state index contributed by atoms with van der Waals surface area (Å²) >= 11 is 0. The molecule has 4 rings (SSSR count). The lowest BCUT2D eigenvalue weighted by atomic mass is 10.0. The van der Waals surface area contributed by atoms with Crippen molar-refractivity contribution in [3.05, 3.63) is 30.2 Å². The van der Waals surface area contributed by atoms with E-state index in [0.717, 1.165) is 30.8 Å². The molecule has 25 heavy (non-hydrogen) atoms. The van der Waals surface area contributed by atoms with Crippen LogP contribution in [0.2, 0.25) is 0 Å². The molecule has 4 heterocycles. The molecule has 0 aliphatic carbocycles. The second kappa shape index (κ2) is 6.44. The van der Waals surface area contributed by atoms with E-state index in [1.807, 2.05) is 16.9 Å². The molecule has 0 saturated carbocycles. The number of halogens is 1. The molecule has 0 aromatic carbocycles. The van der Waals surface area contributed by atoms with Crippen LogP contribution in [-0.2, 0) is 6.54 Å². The number of likely N-dealkylation sites (tertiary alicyclic amines) is 1. The van der Waals surface area contributed by atoms with Crippen LogP contribution >= 0.6 is 0 Å². The summed E-state index contributed by atoms with van der Waals surface area (Å²) in [5, 5.41) is 16.0. The van der Waals surface area contributed by atoms with Crippen molar-refractivity contribution >= 4 is 11.7 Å². The minimum Gasteiger partial charge on any atom is -0.383 e. The van der Waals surface area contributed by atoms with Crippen molar-refractivity contribution in [3.63, 3.8) is 0 Å². The van der Waals surface area contributed by atoms with Crippen LogP contribution in [0.4, 0.5) is 10.2 Å². The van der Waals surface area contributed by atoms with E-state index in [9.17, 15) is 4.39 Å². The van der Waals surface area contributed by atoms with Crippen LogP contribution in [0.5, 0.6) is 0 Å². The van der Waals surface area contributed by atoms with Crippen molar-refractivity contribution < 1.29 is 4.39 Å². The molecule has 2 fully saturated rings. The van der Waals surface area contributed by atoms with Gasteiger partial charge in [-0.2, -0.15) is 5.10 Å². The van der Waals surface area contributed by atoms with Crippen LogP contribution in [0.15, 0.2) is 24.7 Å². The first-order valence-electron chi connectivity index (χ1n) is 8.57. The lowest BCUT2D eigenvalue weighted by molar-refractivity contribution is 0.295. The van der Waals surface area contributed by atoms with Gasteiger partial charge in [-0.25, -0.2) is 9.37 Å². The molecule has 2 saturated heterocycles. The topological polar surface area (TPSA) is 95.8 Å². The first kappa shape index (κ1) is 16.0. The maximum Gasteiger partial charge on any atom is 0.134 e. The van der Waals surface area contributed by atoms with Crippen LogP contribution in [0.25, 0.3) is 11.1 Å². The van der Waals surface area contributed by atoms with Crippen LogP contribution in [0.3, 0.4) is 0 Å². The molecule has 0 radical (unpaired) electrons. The van der Waals surface area contributed by atoms with Gasteiger partial charge in [-0.1, -0.05) is 0 Å². The lowest BCUT2D eigenvalue weighted by Crippen LogP contribution is -2.44. The van der Waals surface area contributed by atoms with Crippen LogP contribution in [0.1, 0.15) is 12.0 Å². The van der Waals surface area contributed by atoms with Gasteiger partial charge in [-0.05, 0) is 12.5 Å². The average Bonchev–Trinajstić information content (AvgIpc) is 3.20. The minimum atomic E-state index is -0.878. The number of nitrogens with one attached hydrogen (secondary N) is 2. The highest BCUT2D eigenvalue weighted by Crippen LogP contribution is 2.24. The second-order valence-corrected chi connectivity index (χ2v) is 6.81. The molecule has 4 N–H and O–H groups in total. The Balaban J connectivity index is 1.55. The number of hydrogen-bond acceptors (Lipinski definition) is 5. The zero-order chi connectivity index (χ0) is 17.4. The first-order valence-corrected chi connectivity index (χ1v) is 8.57. The van der Waals surface area contributed by atoms with Gasteiger partial charge in [-0.15, -0.1) is 0 Å². The van der Waals surface area contributed by atoms with Gasteiger partial charge in [0.15, 0.2) is 0 Å². The van der Waals surface area contributed by atoms with E-state index >= 15 is 0 Å². The van der Waals surface area contributed by atoms with Gasteiger partial charge < -0.3 is 16.0 Å². The van der Waals surface area contributed by atoms with Crippen molar-refractivity contribution in [1.82, 2.24) is 25.0 Å². The van der Waals surface area contributed by atoms with Crippen molar-refractivity contribution in [2.45, 2.75) is 19.1 Å². The van der Waals surface area contributed by atoms with Gasteiger partial charge in [0.2, 0.25) is 0 Å². The summed E-state index contributed by atoms with van der Waals surface area (Å²) in [7, 11) is 0. The molecule has 0 bridgehead atoms. The summed E-state index contributed by atoms with van der Waals surface area (Å²) in [5.74, 6) is 1.16. The van der Waals surface area contributed by atoms with E-state index in [4.69, 9.17) is 11.1 Å². The third-order valence-electron chi connectivity index (χ3n) is 4.90. The third kappa shape index (κ3) is 3.21. The van der Waals surface area contributed by atoms with Crippen molar-refractivity contribution in [1.29, 1.82) is 5.41 Å². The summed E-state index contributed by atoms with van der Waals surface area (Å²) in [5.41, 5.74) is 8.32. The second-order valence-electron chi connectivity index (χ2n) is 6.81. The standard InChI is InChI=1S/C17H22FN7/c18-14-1-2-24(10-14)17(20)15-3-12(6-22-16(15)19)13-7-23-25(9-13)8-11-4-21-5-11/h3,6-7,9,11,14,20-21H,1-2,4-5,8,10H2,(H2,19,22). The fraction of sp³-hybridized carbons (Fsp3) is 0.471. The van der Waals surface area contributed by atoms with E-state index < -0.39 is 6.17 Å². The average molecular weight is 343 g/mol. The molecule has 0 spiro atoms. The van der Waals surface area contributed by atoms with Gasteiger partial charge in [-0.3, -0.25) is 10.1 Å². The molecule has 132 valence electrons. The van der Waals surface area contributed by atoms with Gasteiger partial charge >= 0.3 is 0 Å². The highest BCUT2D eigenvalue weighted by molar-refractivity contribution is 6.01. The summed E-state index contributed by atoms with van der Waals surface area (Å²) in [4.78, 5) is 5.95. The van der Waals surface area contributed by atoms with E-state index in [2.05, 4.69) is 15.4 Å². The quantitative estimate of drug-likeness (QED) is 0.571. The fourth-order valence-electron chi connectivity index (χ4n) is 3.27. The Morgan fingerprint density at radius 2 is 2.20 bits per heavy atom. The molecule has 0 amide bonds. The Bertz CT molecular complexity index is 783. The minimum absolute atomic E-state index is 0.236. The number of amidine groups is 1. The number of pyridine rings is 1. The summed E-state index contributed by atoms with van der Waals surface area (Å²) in [6.45, 7) is 3.74. The van der Waals surface area contributed by atoms with Crippen LogP contribution in [0, 0.1) is 11.3 Å². The predicted molar refractivity (Wildman–Crippen MR) is 94.1 cm³/mol. The Morgan fingerprint density at radius 1 is 1.36 bits per heavy atom. The molecule has 1 unspecified atom stereocenters. The molecule has 1 atom stereocenters. The molecule has 7 nitrogen and oxygen atoms in total. The molecular formula is C17H22FN7. The number of nitrogen functional groups attached to an aromatic ring is 1.